The predicted molar refractivity (Wildman–Crippen MR) is 61.0 cm³/mol. The van der Waals surface area contributed by atoms with Crippen LogP contribution >= 0.6 is 0 Å². The van der Waals surface area contributed by atoms with Crippen LogP contribution in [0.4, 0.5) is 0 Å². The van der Waals surface area contributed by atoms with Gasteiger partial charge in [0.25, 0.3) is 0 Å². The molecule has 0 fully saturated rings. The molecule has 0 radical (unpaired) electrons. The summed E-state index contributed by atoms with van der Waals surface area (Å²) in [6, 6.07) is 7.92. The van der Waals surface area contributed by atoms with Gasteiger partial charge in [-0.05, 0) is 31.5 Å². The van der Waals surface area contributed by atoms with Gasteiger partial charge in [-0.15, -0.1) is 0 Å². The Bertz CT molecular complexity index is 269. The lowest BCUT2D eigenvalue weighted by Gasteiger charge is -2.08. The van der Waals surface area contributed by atoms with E-state index in [1.54, 1.807) is 0 Å². The second kappa shape index (κ2) is 6.43. The summed E-state index contributed by atoms with van der Waals surface area (Å²) in [7, 11) is 0. The van der Waals surface area contributed by atoms with Crippen molar-refractivity contribution in [1.29, 1.82) is 0 Å². The maximum atomic E-state index is 5.74. The van der Waals surface area contributed by atoms with Crippen LogP contribution in [0.5, 0.6) is 5.75 Å². The third kappa shape index (κ3) is 4.32. The molecule has 0 bridgehead atoms. The zero-order chi connectivity index (χ0) is 11.1. The molecule has 0 unspecified atom stereocenters. The molecule has 1 aromatic carbocycles. The normalized spacial score (nSPS) is 12.5. The van der Waals surface area contributed by atoms with Gasteiger partial charge in [-0.25, -0.2) is 0 Å². The van der Waals surface area contributed by atoms with Crippen LogP contribution in [-0.2, 0) is 4.74 Å². The third-order valence-corrected chi connectivity index (χ3v) is 2.11. The van der Waals surface area contributed by atoms with E-state index in [-0.39, 0.29) is 6.04 Å². The highest BCUT2D eigenvalue weighted by Crippen LogP contribution is 2.15. The third-order valence-electron chi connectivity index (χ3n) is 2.11. The molecule has 0 aliphatic heterocycles. The molecule has 1 rings (SSSR count). The smallest absolute Gasteiger partial charge is 0.119 e. The summed E-state index contributed by atoms with van der Waals surface area (Å²) in [6.07, 6.45) is 0. The fourth-order valence-electron chi connectivity index (χ4n) is 1.23. The van der Waals surface area contributed by atoms with Crippen molar-refractivity contribution in [2.24, 2.45) is 5.73 Å². The number of hydrogen-bond donors (Lipinski definition) is 1. The molecule has 3 nitrogen and oxygen atoms in total. The zero-order valence-electron chi connectivity index (χ0n) is 9.40. The summed E-state index contributed by atoms with van der Waals surface area (Å²) in [6.45, 7) is 5.88. The Balaban J connectivity index is 2.36. The molecular formula is C12H19NO2. The van der Waals surface area contributed by atoms with Crippen molar-refractivity contribution in [3.63, 3.8) is 0 Å². The maximum Gasteiger partial charge on any atom is 0.119 e. The SMILES string of the molecule is CCOCCOc1ccc([C@H](C)N)cc1. The van der Waals surface area contributed by atoms with E-state index < -0.39 is 0 Å². The molecular weight excluding hydrogens is 190 g/mol. The van der Waals surface area contributed by atoms with Crippen LogP contribution in [0, 0.1) is 0 Å². The molecule has 1 atom stereocenters. The molecule has 0 aromatic heterocycles. The average Bonchev–Trinajstić information content (AvgIpc) is 2.25. The number of benzene rings is 1. The first-order valence-corrected chi connectivity index (χ1v) is 5.30. The van der Waals surface area contributed by atoms with Crippen LogP contribution in [0.25, 0.3) is 0 Å². The first-order chi connectivity index (χ1) is 7.24. The van der Waals surface area contributed by atoms with E-state index in [9.17, 15) is 0 Å². The molecule has 0 spiro atoms. The van der Waals surface area contributed by atoms with Gasteiger partial charge in [-0.2, -0.15) is 0 Å². The van der Waals surface area contributed by atoms with Crippen LogP contribution in [0.2, 0.25) is 0 Å². The number of hydrogen-bond acceptors (Lipinski definition) is 3. The van der Waals surface area contributed by atoms with E-state index in [0.717, 1.165) is 17.9 Å². The lowest BCUT2D eigenvalue weighted by Crippen LogP contribution is -2.07. The first kappa shape index (κ1) is 12.0. The highest BCUT2D eigenvalue weighted by Gasteiger charge is 1.99. The Morgan fingerprint density at radius 3 is 2.40 bits per heavy atom. The summed E-state index contributed by atoms with van der Waals surface area (Å²) in [4.78, 5) is 0. The Hall–Kier alpha value is -1.06. The van der Waals surface area contributed by atoms with Gasteiger partial charge in [0.1, 0.15) is 12.4 Å². The minimum atomic E-state index is 0.0717. The molecule has 0 saturated carbocycles. The summed E-state index contributed by atoms with van der Waals surface area (Å²) in [5, 5.41) is 0. The van der Waals surface area contributed by atoms with Gasteiger partial charge in [-0.1, -0.05) is 12.1 Å². The summed E-state index contributed by atoms with van der Waals surface area (Å²) < 4.78 is 10.6. The minimum Gasteiger partial charge on any atom is -0.491 e. The fraction of sp³-hybridized carbons (Fsp3) is 0.500. The number of nitrogens with two attached hydrogens (primary N) is 1. The van der Waals surface area contributed by atoms with Crippen LogP contribution in [0.15, 0.2) is 24.3 Å². The quantitative estimate of drug-likeness (QED) is 0.730. The highest BCUT2D eigenvalue weighted by molar-refractivity contribution is 5.28. The van der Waals surface area contributed by atoms with Crippen LogP contribution in [-0.4, -0.2) is 19.8 Å². The van der Waals surface area contributed by atoms with Gasteiger partial charge >= 0.3 is 0 Å². The molecule has 0 aliphatic rings. The zero-order valence-corrected chi connectivity index (χ0v) is 9.40. The largest absolute Gasteiger partial charge is 0.491 e. The van der Waals surface area contributed by atoms with E-state index in [1.165, 1.54) is 0 Å². The second-order valence-corrected chi connectivity index (χ2v) is 3.40. The fourth-order valence-corrected chi connectivity index (χ4v) is 1.23. The lowest BCUT2D eigenvalue weighted by molar-refractivity contribution is 0.110. The van der Waals surface area contributed by atoms with Gasteiger partial charge in [0.15, 0.2) is 0 Å². The van der Waals surface area contributed by atoms with Crippen LogP contribution < -0.4 is 10.5 Å². The molecule has 3 heteroatoms. The van der Waals surface area contributed by atoms with Crippen LogP contribution in [0.3, 0.4) is 0 Å². The van der Waals surface area contributed by atoms with Crippen molar-refractivity contribution in [3.8, 4) is 5.75 Å². The summed E-state index contributed by atoms with van der Waals surface area (Å²) in [5.41, 5.74) is 6.86. The average molecular weight is 209 g/mol. The number of rotatable bonds is 6. The van der Waals surface area contributed by atoms with E-state index in [2.05, 4.69) is 0 Å². The second-order valence-electron chi connectivity index (χ2n) is 3.40. The summed E-state index contributed by atoms with van der Waals surface area (Å²) in [5.74, 6) is 0.860. The topological polar surface area (TPSA) is 44.5 Å². The summed E-state index contributed by atoms with van der Waals surface area (Å²) >= 11 is 0. The van der Waals surface area contributed by atoms with Crippen LogP contribution in [0.1, 0.15) is 25.5 Å². The Morgan fingerprint density at radius 2 is 1.87 bits per heavy atom. The highest BCUT2D eigenvalue weighted by atomic mass is 16.5. The van der Waals surface area contributed by atoms with Crippen molar-refractivity contribution >= 4 is 0 Å². The van der Waals surface area contributed by atoms with E-state index in [0.29, 0.717) is 13.2 Å². The van der Waals surface area contributed by atoms with Gasteiger partial charge in [0.2, 0.25) is 0 Å². The minimum absolute atomic E-state index is 0.0717. The molecule has 84 valence electrons. The Kier molecular flexibility index (Phi) is 5.15. The van der Waals surface area contributed by atoms with Gasteiger partial charge < -0.3 is 15.2 Å². The van der Waals surface area contributed by atoms with Crippen molar-refractivity contribution in [3.05, 3.63) is 29.8 Å². The molecule has 0 aliphatic carbocycles. The standard InChI is InChI=1S/C12H19NO2/c1-3-14-8-9-15-12-6-4-11(5-7-12)10(2)13/h4-7,10H,3,8-9,13H2,1-2H3/t10-/m0/s1. The molecule has 0 saturated heterocycles. The predicted octanol–water partition coefficient (Wildman–Crippen LogP) is 2.12. The first-order valence-electron chi connectivity index (χ1n) is 5.30. The van der Waals surface area contributed by atoms with E-state index >= 15 is 0 Å². The Labute approximate surface area is 91.2 Å². The van der Waals surface area contributed by atoms with Crippen molar-refractivity contribution in [1.82, 2.24) is 0 Å². The molecule has 0 heterocycles. The molecule has 1 aromatic rings. The van der Waals surface area contributed by atoms with Crippen molar-refractivity contribution in [2.45, 2.75) is 19.9 Å². The molecule has 0 amide bonds. The molecule has 2 N–H and O–H groups in total. The lowest BCUT2D eigenvalue weighted by atomic mass is 10.1. The van der Waals surface area contributed by atoms with Crippen molar-refractivity contribution in [2.75, 3.05) is 19.8 Å². The van der Waals surface area contributed by atoms with E-state index in [4.69, 9.17) is 15.2 Å². The maximum absolute atomic E-state index is 5.74. The Morgan fingerprint density at radius 1 is 1.20 bits per heavy atom. The van der Waals surface area contributed by atoms with Gasteiger partial charge in [-0.3, -0.25) is 0 Å². The van der Waals surface area contributed by atoms with Gasteiger partial charge in [0, 0.05) is 12.6 Å². The monoisotopic (exact) mass is 209 g/mol. The number of ether oxygens (including phenoxy) is 2. The molecule has 15 heavy (non-hydrogen) atoms. The van der Waals surface area contributed by atoms with E-state index in [1.807, 2.05) is 38.1 Å². The van der Waals surface area contributed by atoms with Gasteiger partial charge in [0.05, 0.1) is 6.61 Å². The van der Waals surface area contributed by atoms with Crippen molar-refractivity contribution < 1.29 is 9.47 Å².